The normalized spacial score (nSPS) is 13.9. The first-order valence-electron chi connectivity index (χ1n) is 10.8. The molecule has 0 saturated carbocycles. The van der Waals surface area contributed by atoms with Crippen LogP contribution in [0.15, 0.2) is 59.7 Å². The van der Waals surface area contributed by atoms with Crippen LogP contribution in [0.1, 0.15) is 71.7 Å². The van der Waals surface area contributed by atoms with Crippen LogP contribution in [0.4, 0.5) is 0 Å². The Morgan fingerprint density at radius 1 is 0.939 bits per heavy atom. The van der Waals surface area contributed by atoms with Gasteiger partial charge in [0.1, 0.15) is 5.75 Å². The van der Waals surface area contributed by atoms with Gasteiger partial charge in [-0.05, 0) is 37.5 Å². The number of fused-ring (bicyclic) bond motifs is 1. The third-order valence-corrected chi connectivity index (χ3v) is 5.73. The maximum Gasteiger partial charge on any atom is 0.329 e. The zero-order valence-electron chi connectivity index (χ0n) is 19.0. The molecular formula is C26H27NO6. The topological polar surface area (TPSA) is 98.8 Å². The lowest BCUT2D eigenvalue weighted by atomic mass is 9.75. The Morgan fingerprint density at radius 2 is 1.58 bits per heavy atom. The molecule has 0 radical (unpaired) electrons. The number of benzene rings is 2. The van der Waals surface area contributed by atoms with Crippen LogP contribution in [0.2, 0.25) is 0 Å². The first-order valence-corrected chi connectivity index (χ1v) is 10.8. The van der Waals surface area contributed by atoms with Crippen LogP contribution in [0, 0.1) is 0 Å². The number of unbranched alkanes of at least 4 members (excludes halogenated alkanes) is 1. The van der Waals surface area contributed by atoms with Crippen molar-refractivity contribution < 1.29 is 28.8 Å². The van der Waals surface area contributed by atoms with Crippen molar-refractivity contribution in [3.8, 4) is 5.75 Å². The Labute approximate surface area is 192 Å². The molecule has 1 N–H and O–H groups in total. The van der Waals surface area contributed by atoms with Crippen LogP contribution < -0.4 is 10.2 Å². The van der Waals surface area contributed by atoms with Gasteiger partial charge in [-0.15, -0.1) is 0 Å². The molecule has 2 aromatic rings. The summed E-state index contributed by atoms with van der Waals surface area (Å²) in [4.78, 5) is 53.6. The highest BCUT2D eigenvalue weighted by Crippen LogP contribution is 2.38. The second-order valence-corrected chi connectivity index (χ2v) is 7.93. The van der Waals surface area contributed by atoms with Crippen molar-refractivity contribution in [2.45, 2.75) is 45.4 Å². The summed E-state index contributed by atoms with van der Waals surface area (Å²) in [6, 6.07) is 14.3. The van der Waals surface area contributed by atoms with E-state index in [0.717, 1.165) is 5.56 Å². The summed E-state index contributed by atoms with van der Waals surface area (Å²) in [5.74, 6) is -0.875. The van der Waals surface area contributed by atoms with E-state index in [0.29, 0.717) is 47.3 Å². The van der Waals surface area contributed by atoms with E-state index in [1.807, 2.05) is 24.3 Å². The molecule has 0 spiro atoms. The molecule has 1 unspecified atom stereocenters. The van der Waals surface area contributed by atoms with Gasteiger partial charge in [0.05, 0.1) is 7.11 Å². The van der Waals surface area contributed by atoms with Gasteiger partial charge in [-0.25, -0.2) is 0 Å². The Morgan fingerprint density at radius 3 is 2.18 bits per heavy atom. The lowest BCUT2D eigenvalue weighted by molar-refractivity contribution is -0.156. The van der Waals surface area contributed by atoms with Crippen molar-refractivity contribution in [2.75, 3.05) is 7.11 Å². The molecule has 0 fully saturated rings. The number of hydrogen-bond acceptors (Lipinski definition) is 6. The van der Waals surface area contributed by atoms with Crippen LogP contribution >= 0.6 is 0 Å². The number of hydrogen-bond donors (Lipinski definition) is 1. The molecule has 0 aliphatic heterocycles. The quantitative estimate of drug-likeness (QED) is 0.476. The van der Waals surface area contributed by atoms with E-state index in [9.17, 15) is 19.2 Å². The first-order chi connectivity index (χ1) is 15.8. The van der Waals surface area contributed by atoms with Gasteiger partial charge in [-0.2, -0.15) is 5.48 Å². The van der Waals surface area contributed by atoms with Crippen molar-refractivity contribution in [1.29, 1.82) is 0 Å². The number of carbonyl (C=O) groups is 4. The zero-order chi connectivity index (χ0) is 24.0. The third kappa shape index (κ3) is 5.55. The number of amides is 1. The van der Waals surface area contributed by atoms with Gasteiger partial charge in [0.2, 0.25) is 0 Å². The highest BCUT2D eigenvalue weighted by atomic mass is 16.7. The number of rotatable bonds is 8. The highest BCUT2D eigenvalue weighted by Gasteiger charge is 2.34. The minimum atomic E-state index is -0.592. The monoisotopic (exact) mass is 449 g/mol. The van der Waals surface area contributed by atoms with Crippen molar-refractivity contribution in [3.63, 3.8) is 0 Å². The van der Waals surface area contributed by atoms with E-state index < -0.39 is 5.97 Å². The summed E-state index contributed by atoms with van der Waals surface area (Å²) in [5.41, 5.74) is 4.79. The largest absolute Gasteiger partial charge is 0.497 e. The van der Waals surface area contributed by atoms with Crippen molar-refractivity contribution >= 4 is 23.4 Å². The molecule has 7 heteroatoms. The molecule has 1 amide bonds. The highest BCUT2D eigenvalue weighted by molar-refractivity contribution is 6.27. The van der Waals surface area contributed by atoms with Crippen LogP contribution in [-0.4, -0.2) is 30.6 Å². The average molecular weight is 450 g/mol. The molecule has 3 rings (SSSR count). The molecule has 1 atom stereocenters. The van der Waals surface area contributed by atoms with Crippen LogP contribution in [0.5, 0.6) is 5.75 Å². The van der Waals surface area contributed by atoms with Gasteiger partial charge in [0.15, 0.2) is 11.6 Å². The Hall–Kier alpha value is -3.74. The second-order valence-electron chi connectivity index (χ2n) is 7.93. The van der Waals surface area contributed by atoms with Crippen molar-refractivity contribution in [1.82, 2.24) is 5.48 Å². The lowest BCUT2D eigenvalue weighted by Crippen LogP contribution is -2.26. The molecule has 33 heavy (non-hydrogen) atoms. The van der Waals surface area contributed by atoms with Gasteiger partial charge >= 0.3 is 5.97 Å². The molecule has 0 aromatic heterocycles. The molecule has 0 bridgehead atoms. The summed E-state index contributed by atoms with van der Waals surface area (Å²) in [6.07, 6.45) is 1.91. The Kier molecular flexibility index (Phi) is 7.77. The number of allylic oxidation sites excluding steroid dienone is 2. The maximum atomic E-state index is 13.5. The number of ketones is 2. The van der Waals surface area contributed by atoms with Gasteiger partial charge in [-0.3, -0.25) is 19.2 Å². The van der Waals surface area contributed by atoms with E-state index in [1.54, 1.807) is 38.3 Å². The third-order valence-electron chi connectivity index (χ3n) is 5.73. The summed E-state index contributed by atoms with van der Waals surface area (Å²) in [6.45, 7) is 2.91. The Bertz CT molecular complexity index is 1100. The summed E-state index contributed by atoms with van der Waals surface area (Å²) in [7, 11) is 1.58. The van der Waals surface area contributed by atoms with Gasteiger partial charge < -0.3 is 9.57 Å². The van der Waals surface area contributed by atoms with Gasteiger partial charge in [0.25, 0.3) is 5.91 Å². The van der Waals surface area contributed by atoms with Crippen molar-refractivity contribution in [3.05, 3.63) is 76.4 Å². The number of methoxy groups -OCH3 is 1. The molecule has 172 valence electrons. The first kappa shape index (κ1) is 23.9. The summed E-state index contributed by atoms with van der Waals surface area (Å²) >= 11 is 0. The average Bonchev–Trinajstić information content (AvgIpc) is 2.83. The summed E-state index contributed by atoms with van der Waals surface area (Å²) < 4.78 is 5.25. The fourth-order valence-corrected chi connectivity index (χ4v) is 4.07. The molecule has 0 saturated heterocycles. The van der Waals surface area contributed by atoms with Crippen LogP contribution in [0.25, 0.3) is 0 Å². The number of carbonyl (C=O) groups excluding carboxylic acids is 4. The zero-order valence-corrected chi connectivity index (χ0v) is 19.0. The van der Waals surface area contributed by atoms with Crippen LogP contribution in [-0.2, 0) is 14.4 Å². The Balaban J connectivity index is 1.84. The van der Waals surface area contributed by atoms with Crippen LogP contribution in [0.3, 0.4) is 0 Å². The smallest absolute Gasteiger partial charge is 0.329 e. The van der Waals surface area contributed by atoms with Gasteiger partial charge in [-0.1, -0.05) is 42.8 Å². The minimum Gasteiger partial charge on any atom is -0.497 e. The minimum absolute atomic E-state index is 0.139. The second kappa shape index (κ2) is 10.7. The number of nitrogens with one attached hydrogen (secondary N) is 1. The standard InChI is InChI=1S/C26H27NO6/c1-16-24(26(31)22-10-5-4-9-21(22)25(16)30)20(18-12-14-19(32-3)15-13-18)8-6-7-11-23(29)27-33-17(2)28/h4-5,9-10,12-15,20H,6-8,11H2,1-3H3,(H,27,29). The number of Topliss-reactive ketones (excluding diaryl/α,β-unsaturated/α-hetero) is 2. The van der Waals surface area contributed by atoms with Gasteiger partial charge in [0, 0.05) is 41.5 Å². The molecule has 1 aliphatic rings. The lowest BCUT2D eigenvalue weighted by Gasteiger charge is -2.26. The fourth-order valence-electron chi connectivity index (χ4n) is 4.07. The summed E-state index contributed by atoms with van der Waals surface area (Å²) in [5, 5.41) is 0. The van der Waals surface area contributed by atoms with E-state index in [-0.39, 0.29) is 29.8 Å². The van der Waals surface area contributed by atoms with E-state index in [1.165, 1.54) is 6.92 Å². The predicted octanol–water partition coefficient (Wildman–Crippen LogP) is 4.33. The van der Waals surface area contributed by atoms with E-state index in [2.05, 4.69) is 10.3 Å². The fraction of sp³-hybridized carbons (Fsp3) is 0.308. The van der Waals surface area contributed by atoms with E-state index >= 15 is 0 Å². The SMILES string of the molecule is COc1ccc(C(CCCCC(=O)NOC(C)=O)C2=C(C)C(=O)c3ccccc3C2=O)cc1. The number of hydroxylamine groups is 1. The predicted molar refractivity (Wildman–Crippen MR) is 122 cm³/mol. The molecule has 2 aromatic carbocycles. The number of ether oxygens (including phenoxy) is 1. The maximum absolute atomic E-state index is 13.5. The molecular weight excluding hydrogens is 422 g/mol. The van der Waals surface area contributed by atoms with Crippen molar-refractivity contribution in [2.24, 2.45) is 0 Å². The molecule has 7 nitrogen and oxygen atoms in total. The van der Waals surface area contributed by atoms with E-state index in [4.69, 9.17) is 4.74 Å². The molecule has 0 heterocycles. The molecule has 1 aliphatic carbocycles.